The number of imide groups is 1. The van der Waals surface area contributed by atoms with Crippen molar-refractivity contribution in [3.63, 3.8) is 0 Å². The first-order chi connectivity index (χ1) is 13.8. The van der Waals surface area contributed by atoms with Crippen LogP contribution in [0.25, 0.3) is 0 Å². The van der Waals surface area contributed by atoms with Crippen molar-refractivity contribution in [1.82, 2.24) is 10.2 Å². The monoisotopic (exact) mass is 413 g/mol. The number of benzene rings is 1. The van der Waals surface area contributed by atoms with Crippen LogP contribution in [-0.2, 0) is 15.0 Å². The molecule has 6 heteroatoms. The highest BCUT2D eigenvalue weighted by atomic mass is 16.2. The molecule has 2 fully saturated rings. The minimum atomic E-state index is -0.840. The SMILES string of the molecule is CC(C)(C)c1ccc(NC(=O)CN2C(=O)NC3(CCC(C(C)(C)C)CC3)C2=O)cc1. The van der Waals surface area contributed by atoms with E-state index in [4.69, 9.17) is 0 Å². The van der Waals surface area contributed by atoms with Crippen molar-refractivity contribution in [3.8, 4) is 0 Å². The minimum Gasteiger partial charge on any atom is -0.325 e. The number of urea groups is 1. The van der Waals surface area contributed by atoms with Gasteiger partial charge in [-0.1, -0.05) is 53.7 Å². The Morgan fingerprint density at radius 1 is 1.07 bits per heavy atom. The number of anilines is 1. The van der Waals surface area contributed by atoms with E-state index in [2.05, 4.69) is 52.2 Å². The molecule has 1 saturated carbocycles. The van der Waals surface area contributed by atoms with Gasteiger partial charge >= 0.3 is 6.03 Å². The van der Waals surface area contributed by atoms with Crippen LogP contribution in [0.4, 0.5) is 10.5 Å². The predicted molar refractivity (Wildman–Crippen MR) is 118 cm³/mol. The van der Waals surface area contributed by atoms with E-state index in [9.17, 15) is 14.4 Å². The highest BCUT2D eigenvalue weighted by Crippen LogP contribution is 2.43. The molecule has 3 rings (SSSR count). The summed E-state index contributed by atoms with van der Waals surface area (Å²) >= 11 is 0. The van der Waals surface area contributed by atoms with Crippen LogP contribution in [0.15, 0.2) is 24.3 Å². The van der Waals surface area contributed by atoms with Gasteiger partial charge < -0.3 is 10.6 Å². The van der Waals surface area contributed by atoms with Crippen molar-refractivity contribution in [1.29, 1.82) is 0 Å². The molecule has 1 aliphatic heterocycles. The van der Waals surface area contributed by atoms with Crippen molar-refractivity contribution in [2.45, 2.75) is 78.2 Å². The molecule has 0 radical (unpaired) electrons. The van der Waals surface area contributed by atoms with Crippen molar-refractivity contribution >= 4 is 23.5 Å². The molecule has 1 spiro atoms. The standard InChI is InChI=1S/C24H35N3O3/c1-22(2,3)16-7-9-18(10-8-16)25-19(28)15-27-20(29)24(26-21(27)30)13-11-17(12-14-24)23(4,5)6/h7-10,17H,11-15H2,1-6H3,(H,25,28)(H,26,30). The van der Waals surface area contributed by atoms with Crippen LogP contribution < -0.4 is 10.6 Å². The molecule has 1 aromatic rings. The maximum absolute atomic E-state index is 13.1. The smallest absolute Gasteiger partial charge is 0.325 e. The van der Waals surface area contributed by atoms with Gasteiger partial charge in [0, 0.05) is 5.69 Å². The number of amides is 4. The van der Waals surface area contributed by atoms with E-state index in [1.165, 1.54) is 5.56 Å². The van der Waals surface area contributed by atoms with Gasteiger partial charge in [-0.15, -0.1) is 0 Å². The lowest BCUT2D eigenvalue weighted by Crippen LogP contribution is -2.50. The number of hydrogen-bond acceptors (Lipinski definition) is 3. The van der Waals surface area contributed by atoms with Crippen molar-refractivity contribution in [2.24, 2.45) is 11.3 Å². The summed E-state index contributed by atoms with van der Waals surface area (Å²) in [5.41, 5.74) is 1.20. The third-order valence-corrected chi connectivity index (χ3v) is 6.65. The van der Waals surface area contributed by atoms with Crippen LogP contribution in [-0.4, -0.2) is 34.8 Å². The Bertz CT molecular complexity index is 823. The van der Waals surface area contributed by atoms with E-state index in [0.717, 1.165) is 17.7 Å². The summed E-state index contributed by atoms with van der Waals surface area (Å²) in [6, 6.07) is 7.18. The normalized spacial score (nSPS) is 24.9. The fourth-order valence-electron chi connectivity index (χ4n) is 4.53. The lowest BCUT2D eigenvalue weighted by Gasteiger charge is -2.40. The van der Waals surface area contributed by atoms with Gasteiger partial charge in [0.1, 0.15) is 12.1 Å². The maximum atomic E-state index is 13.1. The van der Waals surface area contributed by atoms with E-state index < -0.39 is 11.6 Å². The molecule has 0 atom stereocenters. The summed E-state index contributed by atoms with van der Waals surface area (Å²) in [4.78, 5) is 39.1. The van der Waals surface area contributed by atoms with Crippen molar-refractivity contribution < 1.29 is 14.4 Å². The van der Waals surface area contributed by atoms with Crippen LogP contribution in [0.1, 0.15) is 72.8 Å². The van der Waals surface area contributed by atoms with Crippen LogP contribution in [0.5, 0.6) is 0 Å². The summed E-state index contributed by atoms with van der Waals surface area (Å²) in [7, 11) is 0. The second-order valence-corrected chi connectivity index (χ2v) is 10.9. The molecule has 2 aliphatic rings. The molecular weight excluding hydrogens is 378 g/mol. The van der Waals surface area contributed by atoms with Crippen molar-refractivity contribution in [2.75, 3.05) is 11.9 Å². The third-order valence-electron chi connectivity index (χ3n) is 6.65. The van der Waals surface area contributed by atoms with Gasteiger partial charge in [0.2, 0.25) is 5.91 Å². The van der Waals surface area contributed by atoms with Crippen LogP contribution in [0.3, 0.4) is 0 Å². The molecule has 2 N–H and O–H groups in total. The van der Waals surface area contributed by atoms with Gasteiger partial charge in [-0.05, 0) is 60.1 Å². The van der Waals surface area contributed by atoms with E-state index in [-0.39, 0.29) is 29.2 Å². The molecule has 4 amide bonds. The molecule has 0 bridgehead atoms. The molecule has 0 unspecified atom stereocenters. The number of carbonyl (C=O) groups excluding carboxylic acids is 3. The number of rotatable bonds is 3. The first kappa shape index (κ1) is 22.3. The van der Waals surface area contributed by atoms with E-state index >= 15 is 0 Å². The van der Waals surface area contributed by atoms with Crippen LogP contribution in [0, 0.1) is 11.3 Å². The highest BCUT2D eigenvalue weighted by Gasteiger charge is 2.53. The van der Waals surface area contributed by atoms with E-state index in [1.54, 1.807) is 0 Å². The lowest BCUT2D eigenvalue weighted by atomic mass is 9.67. The fraction of sp³-hybridized carbons (Fsp3) is 0.625. The van der Waals surface area contributed by atoms with Gasteiger partial charge in [0.25, 0.3) is 5.91 Å². The van der Waals surface area contributed by atoms with E-state index in [1.807, 2.05) is 24.3 Å². The fourth-order valence-corrected chi connectivity index (χ4v) is 4.53. The Morgan fingerprint density at radius 2 is 1.63 bits per heavy atom. The first-order valence-electron chi connectivity index (χ1n) is 10.9. The van der Waals surface area contributed by atoms with Gasteiger partial charge in [0.15, 0.2) is 0 Å². The maximum Gasteiger partial charge on any atom is 0.325 e. The zero-order valence-electron chi connectivity index (χ0n) is 19.1. The van der Waals surface area contributed by atoms with Gasteiger partial charge in [0.05, 0.1) is 0 Å². The third kappa shape index (κ3) is 4.52. The second-order valence-electron chi connectivity index (χ2n) is 10.9. The Balaban J connectivity index is 1.61. The summed E-state index contributed by atoms with van der Waals surface area (Å²) in [6.45, 7) is 12.8. The van der Waals surface area contributed by atoms with E-state index in [0.29, 0.717) is 24.4 Å². The lowest BCUT2D eigenvalue weighted by molar-refractivity contribution is -0.135. The molecule has 1 aromatic carbocycles. The predicted octanol–water partition coefficient (Wildman–Crippen LogP) is 4.45. The van der Waals surface area contributed by atoms with Gasteiger partial charge in [-0.3, -0.25) is 14.5 Å². The second kappa shape index (κ2) is 7.71. The average Bonchev–Trinajstić information content (AvgIpc) is 2.85. The number of nitrogens with one attached hydrogen (secondary N) is 2. The number of hydrogen-bond donors (Lipinski definition) is 2. The largest absolute Gasteiger partial charge is 0.325 e. The molecule has 164 valence electrons. The quantitative estimate of drug-likeness (QED) is 0.719. The molecule has 30 heavy (non-hydrogen) atoms. The van der Waals surface area contributed by atoms with Gasteiger partial charge in [-0.25, -0.2) is 4.79 Å². The Morgan fingerprint density at radius 3 is 2.13 bits per heavy atom. The minimum absolute atomic E-state index is 0.0307. The molecule has 1 saturated heterocycles. The van der Waals surface area contributed by atoms with Crippen LogP contribution >= 0.6 is 0 Å². The molecule has 1 aliphatic carbocycles. The van der Waals surface area contributed by atoms with Crippen molar-refractivity contribution in [3.05, 3.63) is 29.8 Å². The Kier molecular flexibility index (Phi) is 5.74. The molecular formula is C24H35N3O3. The Hall–Kier alpha value is -2.37. The zero-order valence-corrected chi connectivity index (χ0v) is 19.1. The number of nitrogens with zero attached hydrogens (tertiary/aromatic N) is 1. The average molecular weight is 414 g/mol. The molecule has 6 nitrogen and oxygen atoms in total. The van der Waals surface area contributed by atoms with Gasteiger partial charge in [-0.2, -0.15) is 0 Å². The number of carbonyl (C=O) groups is 3. The molecule has 1 heterocycles. The summed E-state index contributed by atoms with van der Waals surface area (Å²) in [5.74, 6) is -0.109. The summed E-state index contributed by atoms with van der Waals surface area (Å²) in [6.07, 6.45) is 3.06. The Labute approximate surface area is 179 Å². The van der Waals surface area contributed by atoms with Crippen LogP contribution in [0.2, 0.25) is 0 Å². The summed E-state index contributed by atoms with van der Waals surface area (Å²) in [5, 5.41) is 5.69. The first-order valence-corrected chi connectivity index (χ1v) is 10.9. The molecule has 0 aromatic heterocycles. The zero-order chi connectivity index (χ0) is 22.3. The topological polar surface area (TPSA) is 78.5 Å². The highest BCUT2D eigenvalue weighted by molar-refractivity contribution is 6.10. The summed E-state index contributed by atoms with van der Waals surface area (Å²) < 4.78 is 0.